The number of nitrogens with zero attached hydrogens (tertiary/aromatic N) is 1. The predicted molar refractivity (Wildman–Crippen MR) is 72.5 cm³/mol. The molecule has 18 heavy (non-hydrogen) atoms. The summed E-state index contributed by atoms with van der Waals surface area (Å²) < 4.78 is 0. The molecule has 0 amide bonds. The summed E-state index contributed by atoms with van der Waals surface area (Å²) in [4.78, 5) is 16.6. The molecule has 1 unspecified atom stereocenters. The highest BCUT2D eigenvalue weighted by atomic mass is 32.1. The minimum absolute atomic E-state index is 0.409. The van der Waals surface area contributed by atoms with Gasteiger partial charge in [-0.2, -0.15) is 11.3 Å². The third-order valence-electron chi connectivity index (χ3n) is 3.04. The van der Waals surface area contributed by atoms with Crippen LogP contribution in [0.5, 0.6) is 0 Å². The van der Waals surface area contributed by atoms with Gasteiger partial charge in [0.2, 0.25) is 0 Å². The molecule has 94 valence electrons. The van der Waals surface area contributed by atoms with E-state index < -0.39 is 11.9 Å². The van der Waals surface area contributed by atoms with Crippen molar-refractivity contribution in [2.24, 2.45) is 0 Å². The highest BCUT2D eigenvalue weighted by Crippen LogP contribution is 2.38. The summed E-state index contributed by atoms with van der Waals surface area (Å²) in [5, 5.41) is 17.3. The van der Waals surface area contributed by atoms with Crippen LogP contribution in [0.2, 0.25) is 0 Å². The number of fused-ring (bicyclic) bond motifs is 1. The first kappa shape index (κ1) is 11.7. The zero-order chi connectivity index (χ0) is 12.5. The van der Waals surface area contributed by atoms with Crippen molar-refractivity contribution in [1.82, 2.24) is 4.98 Å². The summed E-state index contributed by atoms with van der Waals surface area (Å²) >= 11 is 3.25. The summed E-state index contributed by atoms with van der Waals surface area (Å²) in [6.07, 6.45) is 1.53. The van der Waals surface area contributed by atoms with E-state index >= 15 is 0 Å². The van der Waals surface area contributed by atoms with Crippen LogP contribution < -0.4 is 5.32 Å². The van der Waals surface area contributed by atoms with Crippen LogP contribution in [0.1, 0.15) is 28.5 Å². The monoisotopic (exact) mass is 280 g/mol. The molecule has 1 aliphatic rings. The smallest absolute Gasteiger partial charge is 0.312 e. The van der Waals surface area contributed by atoms with E-state index in [4.69, 9.17) is 5.11 Å². The molecule has 0 bridgehead atoms. The molecule has 0 aliphatic heterocycles. The van der Waals surface area contributed by atoms with E-state index in [-0.39, 0.29) is 0 Å². The summed E-state index contributed by atoms with van der Waals surface area (Å²) in [5.74, 6) is -1.17. The number of rotatable bonds is 4. The van der Waals surface area contributed by atoms with Crippen LogP contribution in [-0.4, -0.2) is 16.1 Å². The Bertz CT molecular complexity index is 563. The molecule has 6 heteroatoms. The standard InChI is InChI=1S/C12H12N2O2S2/c15-11(16)8-1-2-9-10(8)14-12(18-9)13-5-7-3-4-17-6-7/h3-4,6,8H,1-2,5H2,(H,13,14)(H,15,16). The van der Waals surface area contributed by atoms with Crippen LogP contribution in [0.15, 0.2) is 16.8 Å². The van der Waals surface area contributed by atoms with Crippen LogP contribution in [0.25, 0.3) is 0 Å². The van der Waals surface area contributed by atoms with E-state index in [0.29, 0.717) is 6.42 Å². The number of nitrogens with one attached hydrogen (secondary N) is 1. The molecule has 0 fully saturated rings. The lowest BCUT2D eigenvalue weighted by atomic mass is 10.1. The number of aryl methyl sites for hydroxylation is 1. The first-order valence-corrected chi connectivity index (χ1v) is 7.47. The maximum absolute atomic E-state index is 11.1. The van der Waals surface area contributed by atoms with Gasteiger partial charge in [0.1, 0.15) is 5.92 Å². The van der Waals surface area contributed by atoms with Gasteiger partial charge in [-0.05, 0) is 35.2 Å². The number of carboxylic acid groups (broad SMARTS) is 1. The fraction of sp³-hybridized carbons (Fsp3) is 0.333. The molecule has 0 spiro atoms. The second kappa shape index (κ2) is 4.70. The second-order valence-electron chi connectivity index (χ2n) is 4.24. The largest absolute Gasteiger partial charge is 0.481 e. The fourth-order valence-corrected chi connectivity index (χ4v) is 3.82. The van der Waals surface area contributed by atoms with E-state index in [1.165, 1.54) is 5.56 Å². The number of carboxylic acids is 1. The molecular formula is C12H12N2O2S2. The highest BCUT2D eigenvalue weighted by Gasteiger charge is 2.32. The topological polar surface area (TPSA) is 62.2 Å². The lowest BCUT2D eigenvalue weighted by Gasteiger charge is -2.02. The van der Waals surface area contributed by atoms with Gasteiger partial charge in [0.05, 0.1) is 5.69 Å². The number of hydrogen-bond donors (Lipinski definition) is 2. The van der Waals surface area contributed by atoms with Gasteiger partial charge in [0.15, 0.2) is 5.13 Å². The average molecular weight is 280 g/mol. The Morgan fingerprint density at radius 3 is 3.22 bits per heavy atom. The molecule has 1 atom stereocenters. The molecule has 0 saturated heterocycles. The predicted octanol–water partition coefficient (Wildman–Crippen LogP) is 2.93. The van der Waals surface area contributed by atoms with Crippen LogP contribution in [0, 0.1) is 0 Å². The SMILES string of the molecule is O=C(O)C1CCc2sc(NCc3ccsc3)nc21. The number of thiazole rings is 1. The third-order valence-corrected chi connectivity index (χ3v) is 4.86. The van der Waals surface area contributed by atoms with Crippen molar-refractivity contribution in [2.45, 2.75) is 25.3 Å². The molecule has 2 N–H and O–H groups in total. The second-order valence-corrected chi connectivity index (χ2v) is 6.11. The van der Waals surface area contributed by atoms with Gasteiger partial charge in [-0.3, -0.25) is 4.79 Å². The molecule has 2 heterocycles. The number of hydrogen-bond acceptors (Lipinski definition) is 5. The van der Waals surface area contributed by atoms with Gasteiger partial charge in [-0.1, -0.05) is 0 Å². The number of anilines is 1. The Morgan fingerprint density at radius 2 is 2.50 bits per heavy atom. The Labute approximate surface area is 112 Å². The first-order chi connectivity index (χ1) is 8.74. The van der Waals surface area contributed by atoms with Crippen molar-refractivity contribution < 1.29 is 9.90 Å². The fourth-order valence-electron chi connectivity index (χ4n) is 2.11. The normalized spacial score (nSPS) is 17.7. The van der Waals surface area contributed by atoms with Crippen LogP contribution in [0.4, 0.5) is 5.13 Å². The molecule has 2 aromatic rings. The lowest BCUT2D eigenvalue weighted by molar-refractivity contribution is -0.138. The van der Waals surface area contributed by atoms with Crippen LogP contribution >= 0.6 is 22.7 Å². The molecule has 2 aromatic heterocycles. The minimum atomic E-state index is -0.761. The van der Waals surface area contributed by atoms with E-state index in [1.807, 2.05) is 5.38 Å². The quantitative estimate of drug-likeness (QED) is 0.904. The van der Waals surface area contributed by atoms with Crippen LogP contribution in [0.3, 0.4) is 0 Å². The Hall–Kier alpha value is -1.40. The summed E-state index contributed by atoms with van der Waals surface area (Å²) in [6.45, 7) is 0.744. The van der Waals surface area contributed by atoms with Gasteiger partial charge in [0, 0.05) is 11.4 Å². The Kier molecular flexibility index (Phi) is 3.05. The van der Waals surface area contributed by atoms with Crippen molar-refractivity contribution in [1.29, 1.82) is 0 Å². The highest BCUT2D eigenvalue weighted by molar-refractivity contribution is 7.15. The van der Waals surface area contributed by atoms with Gasteiger partial charge in [-0.25, -0.2) is 4.98 Å². The van der Waals surface area contributed by atoms with E-state index in [0.717, 1.165) is 28.7 Å². The minimum Gasteiger partial charge on any atom is -0.481 e. The number of carbonyl (C=O) groups is 1. The van der Waals surface area contributed by atoms with Crippen molar-refractivity contribution in [3.63, 3.8) is 0 Å². The summed E-state index contributed by atoms with van der Waals surface area (Å²) in [6, 6.07) is 2.07. The maximum atomic E-state index is 11.1. The molecule has 0 saturated carbocycles. The van der Waals surface area contributed by atoms with Gasteiger partial charge >= 0.3 is 5.97 Å². The van der Waals surface area contributed by atoms with Gasteiger partial charge in [0.25, 0.3) is 0 Å². The molecular weight excluding hydrogens is 268 g/mol. The lowest BCUT2D eigenvalue weighted by Crippen LogP contribution is -2.09. The summed E-state index contributed by atoms with van der Waals surface area (Å²) in [5.41, 5.74) is 1.99. The molecule has 4 nitrogen and oxygen atoms in total. The zero-order valence-corrected chi connectivity index (χ0v) is 11.2. The van der Waals surface area contributed by atoms with Crippen molar-refractivity contribution in [3.8, 4) is 0 Å². The molecule has 0 aromatic carbocycles. The number of thiophene rings is 1. The summed E-state index contributed by atoms with van der Waals surface area (Å²) in [7, 11) is 0. The van der Waals surface area contributed by atoms with Crippen molar-refractivity contribution in [2.75, 3.05) is 5.32 Å². The van der Waals surface area contributed by atoms with Crippen molar-refractivity contribution >= 4 is 33.8 Å². The van der Waals surface area contributed by atoms with Crippen molar-refractivity contribution in [3.05, 3.63) is 33.0 Å². The Balaban J connectivity index is 1.72. The molecule has 3 rings (SSSR count). The average Bonchev–Trinajstić information content (AvgIpc) is 3.02. The first-order valence-electron chi connectivity index (χ1n) is 5.71. The Morgan fingerprint density at radius 1 is 1.61 bits per heavy atom. The van der Waals surface area contributed by atoms with E-state index in [2.05, 4.69) is 21.7 Å². The van der Waals surface area contributed by atoms with E-state index in [1.54, 1.807) is 22.7 Å². The van der Waals surface area contributed by atoms with E-state index in [9.17, 15) is 4.79 Å². The molecule has 0 radical (unpaired) electrons. The zero-order valence-electron chi connectivity index (χ0n) is 9.55. The van der Waals surface area contributed by atoms with Gasteiger partial charge < -0.3 is 10.4 Å². The number of aliphatic carboxylic acids is 1. The van der Waals surface area contributed by atoms with Gasteiger partial charge in [-0.15, -0.1) is 11.3 Å². The van der Waals surface area contributed by atoms with Crippen LogP contribution in [-0.2, 0) is 17.8 Å². The molecule has 1 aliphatic carbocycles. The maximum Gasteiger partial charge on any atom is 0.312 e. The number of aromatic nitrogens is 1. The third kappa shape index (κ3) is 2.13.